The zero-order valence-corrected chi connectivity index (χ0v) is 11.6. The number of allylic oxidation sites excluding steroid dienone is 4. The van der Waals surface area contributed by atoms with Crippen LogP contribution in [0.3, 0.4) is 0 Å². The summed E-state index contributed by atoms with van der Waals surface area (Å²) in [7, 11) is 3.79. The zero-order valence-electron chi connectivity index (χ0n) is 10.7. The molecular weight excluding hydrogens is 216 g/mol. The first kappa shape index (κ1) is 14.9. The number of hydrogen-bond donors (Lipinski definition) is 2. The van der Waals surface area contributed by atoms with Gasteiger partial charge in [0.05, 0.1) is 0 Å². The van der Waals surface area contributed by atoms with Gasteiger partial charge in [0.1, 0.15) is 0 Å². The first-order valence-electron chi connectivity index (χ1n) is 5.33. The molecule has 0 rings (SSSR count). The van der Waals surface area contributed by atoms with Crippen LogP contribution in [0.2, 0.25) is 0 Å². The number of rotatable bonds is 6. The maximum Gasteiger partial charge on any atom is 0.0493 e. The van der Waals surface area contributed by atoms with Crippen molar-refractivity contribution >= 4 is 12.8 Å². The first-order chi connectivity index (χ1) is 7.53. The molecule has 0 bridgehead atoms. The van der Waals surface area contributed by atoms with Gasteiger partial charge >= 0.3 is 0 Å². The lowest BCUT2D eigenvalue weighted by Gasteiger charge is -2.19. The van der Waals surface area contributed by atoms with Gasteiger partial charge < -0.3 is 9.62 Å². The summed E-state index contributed by atoms with van der Waals surface area (Å²) in [5, 5.41) is 3.13. The second-order valence-corrected chi connectivity index (χ2v) is 4.04. The van der Waals surface area contributed by atoms with Crippen molar-refractivity contribution in [2.45, 2.75) is 20.3 Å². The third-order valence-corrected chi connectivity index (χ3v) is 2.75. The summed E-state index contributed by atoms with van der Waals surface area (Å²) in [4.78, 5) is 0. The van der Waals surface area contributed by atoms with Crippen LogP contribution < -0.4 is 5.32 Å². The Labute approximate surface area is 105 Å². The minimum Gasteiger partial charge on any atom is -0.388 e. The summed E-state index contributed by atoms with van der Waals surface area (Å²) in [6.45, 7) is 11.8. The standard InChI is InChI=1S/C13H22N2S/c1-7-11(13(9-3)15(6)16)10(4)12(8-2)14-5/h8-9,14,16H,2-3,7H2,1,4-6H3/b12-10-,13-11-. The molecule has 0 aliphatic carbocycles. The Morgan fingerprint density at radius 1 is 1.38 bits per heavy atom. The minimum absolute atomic E-state index is 0.928. The summed E-state index contributed by atoms with van der Waals surface area (Å²) in [5.41, 5.74) is 4.46. The Balaban J connectivity index is 5.67. The Bertz CT molecular complexity index is 325. The molecule has 0 saturated heterocycles. The molecule has 0 aliphatic rings. The minimum atomic E-state index is 0.928. The second-order valence-electron chi connectivity index (χ2n) is 3.44. The van der Waals surface area contributed by atoms with E-state index in [4.69, 9.17) is 0 Å². The van der Waals surface area contributed by atoms with E-state index in [0.717, 1.165) is 17.8 Å². The average Bonchev–Trinajstić information content (AvgIpc) is 2.26. The lowest BCUT2D eigenvalue weighted by atomic mass is 10.00. The van der Waals surface area contributed by atoms with Crippen LogP contribution in [0.25, 0.3) is 0 Å². The summed E-state index contributed by atoms with van der Waals surface area (Å²) >= 11 is 4.32. The molecule has 16 heavy (non-hydrogen) atoms. The normalized spacial score (nSPS) is 13.6. The van der Waals surface area contributed by atoms with Gasteiger partial charge in [0.2, 0.25) is 0 Å². The van der Waals surface area contributed by atoms with E-state index >= 15 is 0 Å². The molecule has 0 spiro atoms. The fourth-order valence-corrected chi connectivity index (χ4v) is 1.90. The molecule has 0 heterocycles. The van der Waals surface area contributed by atoms with Crippen LogP contribution in [-0.4, -0.2) is 18.4 Å². The fraction of sp³-hybridized carbons (Fsp3) is 0.385. The van der Waals surface area contributed by atoms with Gasteiger partial charge in [0, 0.05) is 25.5 Å². The molecule has 0 aromatic heterocycles. The van der Waals surface area contributed by atoms with Crippen LogP contribution in [0.5, 0.6) is 0 Å². The van der Waals surface area contributed by atoms with Crippen molar-refractivity contribution in [3.05, 3.63) is 47.9 Å². The SMILES string of the molecule is C=C/C(NC)=C(C)/C(CC)=C(/C=C)N(C)S. The van der Waals surface area contributed by atoms with Crippen molar-refractivity contribution in [2.75, 3.05) is 14.1 Å². The summed E-state index contributed by atoms with van der Waals surface area (Å²) in [6.07, 6.45) is 4.58. The van der Waals surface area contributed by atoms with E-state index < -0.39 is 0 Å². The van der Waals surface area contributed by atoms with Crippen molar-refractivity contribution in [2.24, 2.45) is 0 Å². The Kier molecular flexibility index (Phi) is 6.74. The van der Waals surface area contributed by atoms with Gasteiger partial charge in [-0.2, -0.15) is 0 Å². The number of hydrogen-bond acceptors (Lipinski definition) is 3. The molecule has 0 aromatic carbocycles. The van der Waals surface area contributed by atoms with Gasteiger partial charge in [-0.3, -0.25) is 0 Å². The molecule has 3 heteroatoms. The number of thiol groups is 1. The smallest absolute Gasteiger partial charge is 0.0493 e. The number of nitrogens with one attached hydrogen (secondary N) is 1. The first-order valence-corrected chi connectivity index (χ1v) is 5.73. The maximum absolute atomic E-state index is 4.32. The van der Waals surface area contributed by atoms with Gasteiger partial charge in [-0.15, -0.1) is 0 Å². The topological polar surface area (TPSA) is 15.3 Å². The molecule has 90 valence electrons. The molecule has 0 saturated carbocycles. The highest BCUT2D eigenvalue weighted by atomic mass is 32.1. The van der Waals surface area contributed by atoms with Crippen molar-refractivity contribution in [1.29, 1.82) is 0 Å². The third kappa shape index (κ3) is 3.49. The number of nitrogens with zero attached hydrogens (tertiary/aromatic N) is 1. The lowest BCUT2D eigenvalue weighted by Crippen LogP contribution is -2.11. The van der Waals surface area contributed by atoms with Crippen LogP contribution in [0.4, 0.5) is 0 Å². The highest BCUT2D eigenvalue weighted by Crippen LogP contribution is 2.24. The molecular formula is C13H22N2S. The number of likely N-dealkylation sites (N-methyl/N-ethyl adjacent to an activating group) is 2. The Morgan fingerprint density at radius 3 is 2.19 bits per heavy atom. The van der Waals surface area contributed by atoms with E-state index in [0.29, 0.717) is 0 Å². The van der Waals surface area contributed by atoms with E-state index in [2.05, 4.69) is 45.1 Å². The average molecular weight is 238 g/mol. The van der Waals surface area contributed by atoms with Crippen LogP contribution in [-0.2, 0) is 0 Å². The van der Waals surface area contributed by atoms with Gasteiger partial charge in [-0.25, -0.2) is 0 Å². The van der Waals surface area contributed by atoms with E-state index in [1.807, 2.05) is 26.2 Å². The van der Waals surface area contributed by atoms with Crippen molar-refractivity contribution in [3.8, 4) is 0 Å². The second kappa shape index (κ2) is 7.23. The fourth-order valence-electron chi connectivity index (χ4n) is 1.69. The van der Waals surface area contributed by atoms with Crippen molar-refractivity contribution < 1.29 is 0 Å². The lowest BCUT2D eigenvalue weighted by molar-refractivity contribution is 0.719. The summed E-state index contributed by atoms with van der Waals surface area (Å²) in [6, 6.07) is 0. The van der Waals surface area contributed by atoms with E-state index in [9.17, 15) is 0 Å². The van der Waals surface area contributed by atoms with Crippen LogP contribution in [0.1, 0.15) is 20.3 Å². The van der Waals surface area contributed by atoms with Gasteiger partial charge in [0.25, 0.3) is 0 Å². The Hall–Kier alpha value is -1.09. The van der Waals surface area contributed by atoms with Gasteiger partial charge in [-0.05, 0) is 36.6 Å². The molecule has 0 aromatic rings. The zero-order chi connectivity index (χ0) is 12.7. The highest BCUT2D eigenvalue weighted by molar-refractivity contribution is 7.77. The monoisotopic (exact) mass is 238 g/mol. The molecule has 0 aliphatic heterocycles. The third-order valence-electron chi connectivity index (χ3n) is 2.53. The van der Waals surface area contributed by atoms with E-state index in [1.54, 1.807) is 4.31 Å². The van der Waals surface area contributed by atoms with Crippen molar-refractivity contribution in [3.63, 3.8) is 0 Å². The largest absolute Gasteiger partial charge is 0.388 e. The predicted molar refractivity (Wildman–Crippen MR) is 76.2 cm³/mol. The van der Waals surface area contributed by atoms with Crippen LogP contribution in [0, 0.1) is 0 Å². The molecule has 0 fully saturated rings. The van der Waals surface area contributed by atoms with Gasteiger partial charge in [0.15, 0.2) is 0 Å². The van der Waals surface area contributed by atoms with E-state index in [-0.39, 0.29) is 0 Å². The molecule has 0 unspecified atom stereocenters. The molecule has 1 N–H and O–H groups in total. The summed E-state index contributed by atoms with van der Waals surface area (Å²) < 4.78 is 1.78. The molecule has 0 radical (unpaired) electrons. The van der Waals surface area contributed by atoms with E-state index in [1.165, 1.54) is 11.1 Å². The van der Waals surface area contributed by atoms with Crippen LogP contribution >= 0.6 is 12.8 Å². The van der Waals surface area contributed by atoms with Crippen molar-refractivity contribution in [1.82, 2.24) is 9.62 Å². The van der Waals surface area contributed by atoms with Gasteiger partial charge in [-0.1, -0.05) is 32.9 Å². The Morgan fingerprint density at radius 2 is 1.94 bits per heavy atom. The maximum atomic E-state index is 4.32. The van der Waals surface area contributed by atoms with Crippen LogP contribution in [0.15, 0.2) is 47.9 Å². The predicted octanol–water partition coefficient (Wildman–Crippen LogP) is 3.29. The molecule has 0 atom stereocenters. The molecule has 2 nitrogen and oxygen atoms in total. The quantitative estimate of drug-likeness (QED) is 0.545. The highest BCUT2D eigenvalue weighted by Gasteiger charge is 2.09. The summed E-state index contributed by atoms with van der Waals surface area (Å²) in [5.74, 6) is 0. The molecule has 0 amide bonds.